The molecule has 1 aromatic carbocycles. The summed E-state index contributed by atoms with van der Waals surface area (Å²) in [5.74, 6) is 0.541. The molecule has 0 saturated heterocycles. The second-order valence-electron chi connectivity index (χ2n) is 4.84. The highest BCUT2D eigenvalue weighted by Gasteiger charge is 2.11. The summed E-state index contributed by atoms with van der Waals surface area (Å²) in [5.41, 5.74) is 1.94. The molecule has 0 unspecified atom stereocenters. The summed E-state index contributed by atoms with van der Waals surface area (Å²) in [7, 11) is 0. The third-order valence-corrected chi connectivity index (χ3v) is 4.13. The molecule has 0 amide bonds. The second-order valence-corrected chi connectivity index (χ2v) is 5.85. The molecule has 0 atom stereocenters. The zero-order valence-electron chi connectivity index (χ0n) is 11.9. The summed E-state index contributed by atoms with van der Waals surface area (Å²) in [6.45, 7) is 0. The van der Waals surface area contributed by atoms with Gasteiger partial charge in [0.2, 0.25) is 5.88 Å². The Morgan fingerprint density at radius 1 is 1.25 bits per heavy atom. The van der Waals surface area contributed by atoms with Crippen LogP contribution in [-0.2, 0) is 0 Å². The van der Waals surface area contributed by atoms with Crippen LogP contribution in [0.25, 0.3) is 21.3 Å². The van der Waals surface area contributed by atoms with Gasteiger partial charge in [-0.2, -0.15) is 0 Å². The fourth-order valence-corrected chi connectivity index (χ4v) is 3.10. The fourth-order valence-electron chi connectivity index (χ4n) is 2.32. The Kier molecular flexibility index (Phi) is 3.17. The Bertz CT molecular complexity index is 1130. The highest BCUT2D eigenvalue weighted by Crippen LogP contribution is 2.28. The molecule has 0 saturated carbocycles. The summed E-state index contributed by atoms with van der Waals surface area (Å²) >= 11 is 1.12. The number of hydrogen-bond acceptors (Lipinski definition) is 7. The van der Waals surface area contributed by atoms with Crippen LogP contribution in [0.2, 0.25) is 0 Å². The van der Waals surface area contributed by atoms with Crippen LogP contribution >= 0.6 is 11.3 Å². The third-order valence-electron chi connectivity index (χ3n) is 3.28. The molecular formula is C14H9N5O4S. The minimum Gasteiger partial charge on any atom is -0.449 e. The molecule has 0 aliphatic carbocycles. The van der Waals surface area contributed by atoms with Gasteiger partial charge in [0.15, 0.2) is 0 Å². The van der Waals surface area contributed by atoms with E-state index < -0.39 is 6.16 Å². The summed E-state index contributed by atoms with van der Waals surface area (Å²) in [5, 5.41) is 12.4. The van der Waals surface area contributed by atoms with E-state index in [1.807, 2.05) is 6.07 Å². The lowest BCUT2D eigenvalue weighted by Crippen LogP contribution is -2.02. The molecule has 3 aromatic heterocycles. The number of fused-ring (bicyclic) bond motifs is 2. The van der Waals surface area contributed by atoms with Gasteiger partial charge in [-0.25, -0.2) is 14.8 Å². The molecule has 3 heterocycles. The van der Waals surface area contributed by atoms with E-state index in [0.29, 0.717) is 16.9 Å². The molecular weight excluding hydrogens is 334 g/mol. The summed E-state index contributed by atoms with van der Waals surface area (Å²) in [6, 6.07) is 6.93. The number of aromatic nitrogens is 4. The highest BCUT2D eigenvalue weighted by molar-refractivity contribution is 7.16. The normalized spacial score (nSPS) is 11.0. The van der Waals surface area contributed by atoms with Gasteiger partial charge in [0.05, 0.1) is 15.6 Å². The van der Waals surface area contributed by atoms with E-state index >= 15 is 0 Å². The van der Waals surface area contributed by atoms with Crippen molar-refractivity contribution in [1.29, 1.82) is 0 Å². The van der Waals surface area contributed by atoms with Crippen LogP contribution in [-0.4, -0.2) is 31.2 Å². The Labute approximate surface area is 137 Å². The third kappa shape index (κ3) is 2.54. The molecule has 0 radical (unpaired) electrons. The zero-order chi connectivity index (χ0) is 16.7. The molecule has 0 fully saturated rings. The van der Waals surface area contributed by atoms with Crippen molar-refractivity contribution in [3.05, 3.63) is 40.3 Å². The van der Waals surface area contributed by atoms with Crippen LogP contribution in [0, 0.1) is 0 Å². The van der Waals surface area contributed by atoms with E-state index in [0.717, 1.165) is 27.2 Å². The van der Waals surface area contributed by atoms with E-state index in [1.54, 1.807) is 12.1 Å². The monoisotopic (exact) mass is 343 g/mol. The van der Waals surface area contributed by atoms with Crippen LogP contribution in [0.1, 0.15) is 0 Å². The van der Waals surface area contributed by atoms with Crippen LogP contribution in [0.3, 0.4) is 0 Å². The predicted octanol–water partition coefficient (Wildman–Crippen LogP) is 2.66. The van der Waals surface area contributed by atoms with Crippen LogP contribution in [0.5, 0.6) is 5.88 Å². The number of benzene rings is 1. The van der Waals surface area contributed by atoms with E-state index in [-0.39, 0.29) is 10.8 Å². The number of nitrogens with zero attached hydrogens (tertiary/aromatic N) is 2. The Hall–Kier alpha value is -3.40. The molecule has 4 N–H and O–H groups in total. The maximum atomic E-state index is 11.4. The topological polar surface area (TPSA) is 133 Å². The van der Waals surface area contributed by atoms with Crippen LogP contribution in [0.4, 0.5) is 16.3 Å². The van der Waals surface area contributed by atoms with Crippen molar-refractivity contribution in [2.45, 2.75) is 0 Å². The maximum absolute atomic E-state index is 11.4. The van der Waals surface area contributed by atoms with Gasteiger partial charge in [-0.15, -0.1) is 0 Å². The lowest BCUT2D eigenvalue weighted by Gasteiger charge is -2.06. The molecule has 120 valence electrons. The van der Waals surface area contributed by atoms with Crippen molar-refractivity contribution in [1.82, 2.24) is 19.9 Å². The lowest BCUT2D eigenvalue weighted by molar-refractivity contribution is 0.143. The first-order valence-electron chi connectivity index (χ1n) is 6.73. The number of carboxylic acid groups (broad SMARTS) is 1. The Morgan fingerprint density at radius 3 is 2.96 bits per heavy atom. The zero-order valence-corrected chi connectivity index (χ0v) is 12.7. The van der Waals surface area contributed by atoms with Gasteiger partial charge in [0, 0.05) is 11.8 Å². The number of rotatable bonds is 3. The number of thiazole rings is 1. The molecule has 0 aliphatic heterocycles. The van der Waals surface area contributed by atoms with Gasteiger partial charge in [0.25, 0.3) is 0 Å². The second kappa shape index (κ2) is 5.35. The number of H-pyrrole nitrogens is 2. The summed E-state index contributed by atoms with van der Waals surface area (Å²) in [4.78, 5) is 35.6. The van der Waals surface area contributed by atoms with Crippen molar-refractivity contribution >= 4 is 50.2 Å². The molecule has 0 aliphatic rings. The van der Waals surface area contributed by atoms with Crippen LogP contribution < -0.4 is 14.9 Å². The number of anilines is 2. The molecule has 9 nitrogen and oxygen atoms in total. The first-order valence-corrected chi connectivity index (χ1v) is 7.54. The highest BCUT2D eigenvalue weighted by atomic mass is 32.1. The maximum Gasteiger partial charge on any atom is 0.512 e. The molecule has 4 aromatic rings. The quantitative estimate of drug-likeness (QED) is 0.420. The number of aromatic amines is 2. The summed E-state index contributed by atoms with van der Waals surface area (Å²) < 4.78 is 5.41. The van der Waals surface area contributed by atoms with Gasteiger partial charge in [-0.05, 0) is 18.2 Å². The number of carbonyl (C=O) groups is 1. The standard InChI is InChI=1S/C14H9N5O4S/c20-13-18-8-2-1-6(3-9(8)24-13)17-11-7-4-10(23-14(21)22)19-12(7)16-5-15-11/h1-5H,(H,18,20)(H,21,22)(H2,15,16,17,19). The number of ether oxygens (including phenoxy) is 1. The van der Waals surface area contributed by atoms with Gasteiger partial charge < -0.3 is 25.1 Å². The molecule has 0 bridgehead atoms. The first kappa shape index (κ1) is 14.2. The van der Waals surface area contributed by atoms with Gasteiger partial charge in [-0.1, -0.05) is 11.3 Å². The first-order chi connectivity index (χ1) is 11.6. The smallest absolute Gasteiger partial charge is 0.449 e. The largest absolute Gasteiger partial charge is 0.512 e. The van der Waals surface area contributed by atoms with Crippen molar-refractivity contribution in [3.8, 4) is 5.88 Å². The predicted molar refractivity (Wildman–Crippen MR) is 88.3 cm³/mol. The molecule has 0 spiro atoms. The minimum absolute atomic E-state index is 0.0559. The van der Waals surface area contributed by atoms with Crippen molar-refractivity contribution in [2.24, 2.45) is 0 Å². The molecule has 10 heteroatoms. The summed E-state index contributed by atoms with van der Waals surface area (Å²) in [6.07, 6.45) is -0.0735. The number of hydrogen-bond donors (Lipinski definition) is 4. The van der Waals surface area contributed by atoms with Crippen LogP contribution in [0.15, 0.2) is 35.4 Å². The van der Waals surface area contributed by atoms with Gasteiger partial charge in [0.1, 0.15) is 17.8 Å². The fraction of sp³-hybridized carbons (Fsp3) is 0. The average Bonchev–Trinajstić information content (AvgIpc) is 3.08. The van der Waals surface area contributed by atoms with Gasteiger partial charge >= 0.3 is 11.0 Å². The van der Waals surface area contributed by atoms with E-state index in [4.69, 9.17) is 5.11 Å². The Balaban J connectivity index is 1.73. The molecule has 24 heavy (non-hydrogen) atoms. The minimum atomic E-state index is -1.42. The van der Waals surface area contributed by atoms with E-state index in [1.165, 1.54) is 12.4 Å². The van der Waals surface area contributed by atoms with Gasteiger partial charge in [-0.3, -0.25) is 4.79 Å². The number of nitrogens with one attached hydrogen (secondary N) is 3. The average molecular weight is 343 g/mol. The van der Waals surface area contributed by atoms with Crippen molar-refractivity contribution < 1.29 is 14.6 Å². The van der Waals surface area contributed by atoms with E-state index in [9.17, 15) is 9.59 Å². The Morgan fingerprint density at radius 2 is 2.12 bits per heavy atom. The van der Waals surface area contributed by atoms with Crippen molar-refractivity contribution in [3.63, 3.8) is 0 Å². The van der Waals surface area contributed by atoms with Crippen molar-refractivity contribution in [2.75, 3.05) is 5.32 Å². The SMILES string of the molecule is O=C(O)Oc1cc2c(Nc3ccc4[nH]c(=O)sc4c3)ncnc2[nH]1. The molecule has 4 rings (SSSR count). The lowest BCUT2D eigenvalue weighted by atomic mass is 10.3. The van der Waals surface area contributed by atoms with E-state index in [2.05, 4.69) is 30.0 Å².